The van der Waals surface area contributed by atoms with Crippen LogP contribution in [-0.2, 0) is 16.1 Å². The van der Waals surface area contributed by atoms with Crippen molar-refractivity contribution in [2.75, 3.05) is 11.9 Å². The summed E-state index contributed by atoms with van der Waals surface area (Å²) in [5, 5.41) is 3.00. The van der Waals surface area contributed by atoms with Crippen molar-refractivity contribution >= 4 is 39.7 Å². The van der Waals surface area contributed by atoms with Gasteiger partial charge in [0.2, 0.25) is 11.8 Å². The maximum Gasteiger partial charge on any atom is 0.228 e. The molecule has 0 saturated carbocycles. The van der Waals surface area contributed by atoms with Crippen LogP contribution in [0.5, 0.6) is 0 Å². The fourth-order valence-electron chi connectivity index (χ4n) is 4.69. The lowest BCUT2D eigenvalue weighted by molar-refractivity contribution is -0.135. The van der Waals surface area contributed by atoms with Crippen molar-refractivity contribution in [3.63, 3.8) is 0 Å². The first kappa shape index (κ1) is 22.2. The number of hydrogen-bond acceptors (Lipinski definition) is 5. The van der Waals surface area contributed by atoms with Crippen molar-refractivity contribution in [3.8, 4) is 0 Å². The fraction of sp³-hybridized carbons (Fsp3) is 0.259. The molecular formula is C27H26N4O2S. The predicted octanol–water partition coefficient (Wildman–Crippen LogP) is 5.06. The van der Waals surface area contributed by atoms with Crippen LogP contribution in [0, 0.1) is 19.8 Å². The quantitative estimate of drug-likeness (QED) is 0.409. The number of carbonyl (C=O) groups is 2. The lowest BCUT2D eigenvalue weighted by atomic mass is 9.97. The van der Waals surface area contributed by atoms with Gasteiger partial charge in [-0.3, -0.25) is 9.59 Å². The van der Waals surface area contributed by atoms with Crippen molar-refractivity contribution < 1.29 is 9.59 Å². The van der Waals surface area contributed by atoms with Gasteiger partial charge in [-0.15, -0.1) is 11.3 Å². The van der Waals surface area contributed by atoms with Gasteiger partial charge in [0.05, 0.1) is 24.0 Å². The van der Waals surface area contributed by atoms with Crippen molar-refractivity contribution in [1.29, 1.82) is 0 Å². The van der Waals surface area contributed by atoms with E-state index >= 15 is 0 Å². The Morgan fingerprint density at radius 1 is 1.06 bits per heavy atom. The van der Waals surface area contributed by atoms with Crippen molar-refractivity contribution in [2.45, 2.75) is 32.9 Å². The van der Waals surface area contributed by atoms with Gasteiger partial charge >= 0.3 is 0 Å². The second kappa shape index (κ2) is 8.99. The van der Waals surface area contributed by atoms with Gasteiger partial charge in [-0.25, -0.2) is 9.97 Å². The van der Waals surface area contributed by atoms with Crippen LogP contribution in [0.2, 0.25) is 0 Å². The molecular weight excluding hydrogens is 444 g/mol. The predicted molar refractivity (Wildman–Crippen MR) is 135 cm³/mol. The molecule has 0 aliphatic carbocycles. The molecule has 34 heavy (non-hydrogen) atoms. The highest BCUT2D eigenvalue weighted by Gasteiger charge is 2.46. The normalized spacial score (nSPS) is 18.0. The molecule has 5 rings (SSSR count). The molecule has 2 unspecified atom stereocenters. The van der Waals surface area contributed by atoms with E-state index in [9.17, 15) is 9.59 Å². The Morgan fingerprint density at radius 3 is 2.56 bits per heavy atom. The molecule has 1 aliphatic rings. The Bertz CT molecular complexity index is 1350. The van der Waals surface area contributed by atoms with E-state index in [1.807, 2.05) is 79.9 Å². The highest BCUT2D eigenvalue weighted by atomic mass is 32.1. The summed E-state index contributed by atoms with van der Waals surface area (Å²) in [7, 11) is 1.76. The molecule has 2 atom stereocenters. The third kappa shape index (κ3) is 4.07. The average Bonchev–Trinajstić information content (AvgIpc) is 3.47. The molecule has 7 heteroatoms. The zero-order chi connectivity index (χ0) is 23.8. The highest BCUT2D eigenvalue weighted by molar-refractivity contribution is 7.10. The molecule has 0 bridgehead atoms. The smallest absolute Gasteiger partial charge is 0.228 e. The lowest BCUT2D eigenvalue weighted by Gasteiger charge is -2.29. The van der Waals surface area contributed by atoms with E-state index in [-0.39, 0.29) is 30.8 Å². The van der Waals surface area contributed by atoms with Gasteiger partial charge in [-0.1, -0.05) is 42.0 Å². The van der Waals surface area contributed by atoms with Crippen molar-refractivity contribution in [2.24, 2.45) is 5.92 Å². The molecule has 1 aliphatic heterocycles. The van der Waals surface area contributed by atoms with E-state index in [4.69, 9.17) is 0 Å². The summed E-state index contributed by atoms with van der Waals surface area (Å²) < 4.78 is 0. The van der Waals surface area contributed by atoms with E-state index < -0.39 is 5.92 Å². The summed E-state index contributed by atoms with van der Waals surface area (Å²) in [5.41, 5.74) is 3.70. The largest absolute Gasteiger partial charge is 0.338 e. The van der Waals surface area contributed by atoms with E-state index in [0.717, 1.165) is 32.7 Å². The zero-order valence-electron chi connectivity index (χ0n) is 19.4. The first-order chi connectivity index (χ1) is 16.4. The molecule has 4 aromatic rings. The van der Waals surface area contributed by atoms with Crippen LogP contribution in [-0.4, -0.2) is 33.7 Å². The van der Waals surface area contributed by atoms with Crippen LogP contribution in [0.1, 0.15) is 34.4 Å². The maximum atomic E-state index is 13.7. The molecule has 2 aromatic heterocycles. The van der Waals surface area contributed by atoms with Crippen LogP contribution in [0.3, 0.4) is 0 Å². The summed E-state index contributed by atoms with van der Waals surface area (Å²) in [6, 6.07) is 19.4. The summed E-state index contributed by atoms with van der Waals surface area (Å²) in [5.74, 6) is 0.0148. The van der Waals surface area contributed by atoms with Crippen LogP contribution >= 0.6 is 11.3 Å². The van der Waals surface area contributed by atoms with E-state index in [2.05, 4.69) is 9.97 Å². The van der Waals surface area contributed by atoms with Crippen molar-refractivity contribution in [3.05, 3.63) is 88.0 Å². The lowest BCUT2D eigenvalue weighted by Crippen LogP contribution is -2.36. The van der Waals surface area contributed by atoms with Crippen LogP contribution in [0.15, 0.2) is 66.0 Å². The third-order valence-electron chi connectivity index (χ3n) is 6.38. The molecule has 1 saturated heterocycles. The van der Waals surface area contributed by atoms with Gasteiger partial charge in [-0.05, 0) is 43.5 Å². The van der Waals surface area contributed by atoms with Crippen LogP contribution < -0.4 is 4.90 Å². The number of benzene rings is 2. The molecule has 6 nitrogen and oxygen atoms in total. The number of rotatable bonds is 5. The number of thiophene rings is 1. The van der Waals surface area contributed by atoms with E-state index in [1.165, 1.54) is 0 Å². The maximum absolute atomic E-state index is 13.7. The summed E-state index contributed by atoms with van der Waals surface area (Å²) in [6.45, 7) is 4.26. The monoisotopic (exact) mass is 470 g/mol. The van der Waals surface area contributed by atoms with E-state index in [0.29, 0.717) is 5.82 Å². The summed E-state index contributed by atoms with van der Waals surface area (Å²) in [4.78, 5) is 40.6. The molecule has 0 N–H and O–H groups in total. The average molecular weight is 471 g/mol. The number of carbonyl (C=O) groups excluding carboxylic acids is 2. The second-order valence-electron chi connectivity index (χ2n) is 8.81. The van der Waals surface area contributed by atoms with Crippen LogP contribution in [0.25, 0.3) is 10.9 Å². The Labute approximate surface area is 202 Å². The number of aryl methyl sites for hydroxylation is 2. The molecule has 2 amide bonds. The molecule has 0 spiro atoms. The number of anilines is 1. The Kier molecular flexibility index (Phi) is 5.87. The van der Waals surface area contributed by atoms with Gasteiger partial charge in [0.15, 0.2) is 0 Å². The zero-order valence-corrected chi connectivity index (χ0v) is 20.2. The first-order valence-electron chi connectivity index (χ1n) is 11.3. The SMILES string of the molecule is Cc1ccc(N2C(=O)CC(C(=O)N(C)Cc3nc(C)c4ccccc4n3)C2c2cccs2)cc1. The molecule has 0 radical (unpaired) electrons. The van der Waals surface area contributed by atoms with Gasteiger partial charge < -0.3 is 9.80 Å². The van der Waals surface area contributed by atoms with Crippen LogP contribution in [0.4, 0.5) is 5.69 Å². The molecule has 3 heterocycles. The number of aromatic nitrogens is 2. The third-order valence-corrected chi connectivity index (χ3v) is 7.32. The minimum absolute atomic E-state index is 0.0354. The molecule has 172 valence electrons. The van der Waals surface area contributed by atoms with Gasteiger partial charge in [-0.2, -0.15) is 0 Å². The Hall–Kier alpha value is -3.58. The van der Waals surface area contributed by atoms with E-state index in [1.54, 1.807) is 28.2 Å². The topological polar surface area (TPSA) is 66.4 Å². The highest BCUT2D eigenvalue weighted by Crippen LogP contribution is 2.43. The number of fused-ring (bicyclic) bond motifs is 1. The van der Waals surface area contributed by atoms with Crippen molar-refractivity contribution in [1.82, 2.24) is 14.9 Å². The number of para-hydroxylation sites is 1. The van der Waals surface area contributed by atoms with Gasteiger partial charge in [0, 0.05) is 35.1 Å². The summed E-state index contributed by atoms with van der Waals surface area (Å²) in [6.07, 6.45) is 0.178. The molecule has 2 aromatic carbocycles. The summed E-state index contributed by atoms with van der Waals surface area (Å²) >= 11 is 1.57. The van der Waals surface area contributed by atoms with Gasteiger partial charge in [0.25, 0.3) is 0 Å². The second-order valence-corrected chi connectivity index (χ2v) is 9.79. The first-order valence-corrected chi connectivity index (χ1v) is 12.2. The Balaban J connectivity index is 1.44. The molecule has 1 fully saturated rings. The minimum atomic E-state index is -0.473. The number of hydrogen-bond donors (Lipinski definition) is 0. The fourth-order valence-corrected chi connectivity index (χ4v) is 5.57. The standard InChI is InChI=1S/C27H26N4O2S/c1-17-10-12-19(13-11-17)31-25(32)15-21(26(31)23-9-6-14-34-23)27(33)30(3)16-24-28-18(2)20-7-4-5-8-22(20)29-24/h4-14,21,26H,15-16H2,1-3H3. The Morgan fingerprint density at radius 2 is 1.82 bits per heavy atom. The number of nitrogens with zero attached hydrogens (tertiary/aromatic N) is 4. The minimum Gasteiger partial charge on any atom is -0.338 e. The van der Waals surface area contributed by atoms with Gasteiger partial charge in [0.1, 0.15) is 5.82 Å². The number of amides is 2.